The average molecular weight is 439 g/mol. The van der Waals surface area contributed by atoms with Crippen molar-refractivity contribution in [2.24, 2.45) is 0 Å². The zero-order chi connectivity index (χ0) is 21.9. The van der Waals surface area contributed by atoms with E-state index >= 15 is 4.39 Å². The van der Waals surface area contributed by atoms with Crippen molar-refractivity contribution in [3.8, 4) is 11.3 Å². The molecule has 2 saturated heterocycles. The van der Waals surface area contributed by atoms with E-state index in [-0.39, 0.29) is 18.0 Å². The van der Waals surface area contributed by atoms with E-state index in [1.807, 2.05) is 23.1 Å². The average Bonchev–Trinajstić information content (AvgIpc) is 2.85. The lowest BCUT2D eigenvalue weighted by Gasteiger charge is -2.30. The lowest BCUT2D eigenvalue weighted by atomic mass is 10.1. The number of anilines is 2. The third-order valence-corrected chi connectivity index (χ3v) is 5.93. The van der Waals surface area contributed by atoms with Crippen LogP contribution in [0.5, 0.6) is 0 Å². The lowest BCUT2D eigenvalue weighted by molar-refractivity contribution is 0.0201. The van der Waals surface area contributed by atoms with Crippen LogP contribution in [0.15, 0.2) is 36.7 Å². The quantitative estimate of drug-likeness (QED) is 0.629. The molecule has 0 spiro atoms. The van der Waals surface area contributed by atoms with E-state index in [1.165, 1.54) is 6.07 Å². The summed E-state index contributed by atoms with van der Waals surface area (Å²) in [4.78, 5) is 15.7. The van der Waals surface area contributed by atoms with Gasteiger partial charge in [-0.3, -0.25) is 4.98 Å². The largest absolute Gasteiger partial charge is 0.378 e. The fourth-order valence-corrected chi connectivity index (χ4v) is 4.16. The predicted octanol–water partition coefficient (Wildman–Crippen LogP) is 2.46. The van der Waals surface area contributed by atoms with Gasteiger partial charge in [-0.1, -0.05) is 6.07 Å². The molecule has 2 N–H and O–H groups in total. The molecule has 0 radical (unpaired) electrons. The second-order valence-electron chi connectivity index (χ2n) is 8.09. The molecule has 0 amide bonds. The molecular weight excluding hydrogens is 411 g/mol. The number of nitrogens with zero attached hydrogens (tertiary/aromatic N) is 4. The van der Waals surface area contributed by atoms with Crippen molar-refractivity contribution in [3.63, 3.8) is 0 Å². The molecule has 2 unspecified atom stereocenters. The Balaban J connectivity index is 1.47. The fourth-order valence-electron chi connectivity index (χ4n) is 4.16. The number of fused-ring (bicyclic) bond motifs is 1. The van der Waals surface area contributed by atoms with Crippen LogP contribution in [-0.2, 0) is 9.47 Å². The van der Waals surface area contributed by atoms with Gasteiger partial charge in [0, 0.05) is 44.1 Å². The van der Waals surface area contributed by atoms with Crippen LogP contribution >= 0.6 is 0 Å². The first-order valence-corrected chi connectivity index (χ1v) is 11.0. The van der Waals surface area contributed by atoms with Gasteiger partial charge in [-0.25, -0.2) is 14.4 Å². The maximum absolute atomic E-state index is 15.0. The van der Waals surface area contributed by atoms with Crippen molar-refractivity contribution in [1.82, 2.24) is 20.3 Å². The topological polar surface area (TPSA) is 84.4 Å². The highest BCUT2D eigenvalue weighted by molar-refractivity contribution is 5.88. The van der Waals surface area contributed by atoms with Crippen LogP contribution in [0.1, 0.15) is 6.92 Å². The number of morpholine rings is 2. The Morgan fingerprint density at radius 2 is 2.00 bits per heavy atom. The third kappa shape index (κ3) is 4.36. The maximum Gasteiger partial charge on any atom is 0.155 e. The zero-order valence-corrected chi connectivity index (χ0v) is 18.1. The molecule has 9 heteroatoms. The Hall–Kier alpha value is -2.88. The molecular formula is C23H27FN6O2. The van der Waals surface area contributed by atoms with E-state index in [4.69, 9.17) is 14.5 Å². The van der Waals surface area contributed by atoms with Gasteiger partial charge in [0.1, 0.15) is 11.3 Å². The van der Waals surface area contributed by atoms with E-state index in [2.05, 4.69) is 27.5 Å². The van der Waals surface area contributed by atoms with Gasteiger partial charge in [-0.05, 0) is 25.1 Å². The van der Waals surface area contributed by atoms with E-state index in [1.54, 1.807) is 12.4 Å². The van der Waals surface area contributed by atoms with Crippen molar-refractivity contribution in [1.29, 1.82) is 0 Å². The molecule has 0 saturated carbocycles. The molecule has 4 heterocycles. The Kier molecular flexibility index (Phi) is 6.11. The van der Waals surface area contributed by atoms with Crippen molar-refractivity contribution in [2.45, 2.75) is 19.1 Å². The number of hydrogen-bond acceptors (Lipinski definition) is 8. The maximum atomic E-state index is 15.0. The summed E-state index contributed by atoms with van der Waals surface area (Å²) in [5, 5.41) is 6.80. The van der Waals surface area contributed by atoms with E-state index < -0.39 is 0 Å². The number of benzene rings is 1. The summed E-state index contributed by atoms with van der Waals surface area (Å²) in [6, 6.07) is 7.11. The summed E-state index contributed by atoms with van der Waals surface area (Å²) in [7, 11) is 0. The Morgan fingerprint density at radius 1 is 1.16 bits per heavy atom. The number of pyridine rings is 1. The molecule has 8 nitrogen and oxygen atoms in total. The number of halogens is 1. The molecule has 2 atom stereocenters. The Labute approximate surface area is 186 Å². The minimum Gasteiger partial charge on any atom is -0.378 e. The highest BCUT2D eigenvalue weighted by atomic mass is 19.1. The molecule has 0 bridgehead atoms. The monoisotopic (exact) mass is 438 g/mol. The third-order valence-electron chi connectivity index (χ3n) is 5.93. The summed E-state index contributed by atoms with van der Waals surface area (Å²) in [5.41, 5.74) is 3.30. The lowest BCUT2D eigenvalue weighted by Crippen LogP contribution is -2.46. The van der Waals surface area contributed by atoms with Crippen molar-refractivity contribution in [3.05, 3.63) is 42.5 Å². The molecule has 5 rings (SSSR count). The molecule has 1 aromatic carbocycles. The summed E-state index contributed by atoms with van der Waals surface area (Å²) >= 11 is 0. The van der Waals surface area contributed by atoms with Gasteiger partial charge in [0.2, 0.25) is 0 Å². The molecule has 168 valence electrons. The van der Waals surface area contributed by atoms with Gasteiger partial charge in [-0.2, -0.15) is 0 Å². The van der Waals surface area contributed by atoms with Crippen LogP contribution in [0, 0.1) is 5.82 Å². The fraction of sp³-hybridized carbons (Fsp3) is 0.435. The SMILES string of the molecule is CC(Nc1nc(-c2ccc(N3CCOCC3)c(F)c2)cc2nccnc12)C1CNCCO1. The van der Waals surface area contributed by atoms with Gasteiger partial charge in [0.15, 0.2) is 5.82 Å². The number of nitrogens with one attached hydrogen (secondary N) is 2. The number of aromatic nitrogens is 3. The molecule has 0 aliphatic carbocycles. The normalized spacial score (nSPS) is 20.3. The van der Waals surface area contributed by atoms with Gasteiger partial charge in [0.05, 0.1) is 48.9 Å². The van der Waals surface area contributed by atoms with Gasteiger partial charge in [0.25, 0.3) is 0 Å². The minimum atomic E-state index is -0.269. The minimum absolute atomic E-state index is 0.0104. The molecule has 2 aromatic heterocycles. The number of ether oxygens (including phenoxy) is 2. The van der Waals surface area contributed by atoms with Gasteiger partial charge in [-0.15, -0.1) is 0 Å². The second-order valence-corrected chi connectivity index (χ2v) is 8.09. The van der Waals surface area contributed by atoms with Gasteiger partial charge < -0.3 is 25.0 Å². The van der Waals surface area contributed by atoms with E-state index in [0.717, 1.165) is 13.1 Å². The highest BCUT2D eigenvalue weighted by Crippen LogP contribution is 2.30. The van der Waals surface area contributed by atoms with E-state index in [0.29, 0.717) is 66.7 Å². The highest BCUT2D eigenvalue weighted by Gasteiger charge is 2.23. The molecule has 3 aromatic rings. The number of hydrogen-bond donors (Lipinski definition) is 2. The summed E-state index contributed by atoms with van der Waals surface area (Å²) in [5.74, 6) is 0.347. The van der Waals surface area contributed by atoms with Crippen molar-refractivity contribution >= 4 is 22.5 Å². The first-order valence-electron chi connectivity index (χ1n) is 11.0. The molecule has 2 fully saturated rings. The molecule has 2 aliphatic heterocycles. The van der Waals surface area contributed by atoms with Crippen LogP contribution in [0.3, 0.4) is 0 Å². The van der Waals surface area contributed by atoms with Crippen LogP contribution in [0.25, 0.3) is 22.3 Å². The van der Waals surface area contributed by atoms with Crippen molar-refractivity contribution in [2.75, 3.05) is 56.2 Å². The van der Waals surface area contributed by atoms with Crippen LogP contribution in [0.2, 0.25) is 0 Å². The number of rotatable bonds is 5. The van der Waals surface area contributed by atoms with Crippen LogP contribution in [-0.4, -0.2) is 73.1 Å². The Bertz CT molecular complexity index is 1090. The molecule has 32 heavy (non-hydrogen) atoms. The summed E-state index contributed by atoms with van der Waals surface area (Å²) < 4.78 is 26.3. The second kappa shape index (κ2) is 9.32. The van der Waals surface area contributed by atoms with Crippen LogP contribution < -0.4 is 15.5 Å². The Morgan fingerprint density at radius 3 is 2.78 bits per heavy atom. The smallest absolute Gasteiger partial charge is 0.155 e. The first kappa shape index (κ1) is 21.0. The van der Waals surface area contributed by atoms with E-state index in [9.17, 15) is 0 Å². The first-order chi connectivity index (χ1) is 15.7. The zero-order valence-electron chi connectivity index (χ0n) is 18.1. The molecule has 2 aliphatic rings. The van der Waals surface area contributed by atoms with Gasteiger partial charge >= 0.3 is 0 Å². The van der Waals surface area contributed by atoms with Crippen LogP contribution in [0.4, 0.5) is 15.9 Å². The standard InChI is InChI=1S/C23H27FN6O2/c1-15(21-14-25-6-9-32-21)28-23-22-19(26-4-5-27-22)13-18(29-23)16-2-3-20(17(24)12-16)30-7-10-31-11-8-30/h2-5,12-13,15,21,25H,6-11,14H2,1H3,(H,28,29). The van der Waals surface area contributed by atoms with Crippen molar-refractivity contribution < 1.29 is 13.9 Å². The predicted molar refractivity (Wildman–Crippen MR) is 121 cm³/mol. The summed E-state index contributed by atoms with van der Waals surface area (Å²) in [6.07, 6.45) is 3.32. The summed E-state index contributed by atoms with van der Waals surface area (Å²) in [6.45, 7) is 6.96.